The van der Waals surface area contributed by atoms with E-state index in [9.17, 15) is 9.90 Å². The van der Waals surface area contributed by atoms with Gasteiger partial charge in [-0.1, -0.05) is 11.3 Å². The van der Waals surface area contributed by atoms with Crippen molar-refractivity contribution in [3.8, 4) is 0 Å². The molecular formula is C13H18N2O3S. The van der Waals surface area contributed by atoms with E-state index in [1.807, 2.05) is 0 Å². The summed E-state index contributed by atoms with van der Waals surface area (Å²) in [6.07, 6.45) is 5.00. The first kappa shape index (κ1) is 12.9. The van der Waals surface area contributed by atoms with Gasteiger partial charge in [-0.3, -0.25) is 0 Å². The van der Waals surface area contributed by atoms with E-state index in [-0.39, 0.29) is 6.61 Å². The van der Waals surface area contributed by atoms with E-state index in [1.54, 1.807) is 7.11 Å². The van der Waals surface area contributed by atoms with Crippen molar-refractivity contribution in [1.82, 2.24) is 4.98 Å². The first-order valence-electron chi connectivity index (χ1n) is 6.67. The molecule has 0 spiro atoms. The Bertz CT molecular complexity index is 480. The molecule has 2 saturated carbocycles. The van der Waals surface area contributed by atoms with Gasteiger partial charge in [0.2, 0.25) is 0 Å². The van der Waals surface area contributed by atoms with Gasteiger partial charge in [0.25, 0.3) is 0 Å². The van der Waals surface area contributed by atoms with Crippen LogP contribution in [0.3, 0.4) is 0 Å². The zero-order valence-electron chi connectivity index (χ0n) is 11.0. The van der Waals surface area contributed by atoms with Gasteiger partial charge in [-0.05, 0) is 31.6 Å². The first-order valence-corrected chi connectivity index (χ1v) is 7.49. The van der Waals surface area contributed by atoms with Crippen LogP contribution >= 0.6 is 11.3 Å². The lowest BCUT2D eigenvalue weighted by Crippen LogP contribution is -2.27. The third-order valence-corrected chi connectivity index (χ3v) is 4.67. The third kappa shape index (κ3) is 2.90. The molecule has 0 unspecified atom stereocenters. The average Bonchev–Trinajstić information content (AvgIpc) is 3.26. The van der Waals surface area contributed by atoms with Crippen LogP contribution in [0.15, 0.2) is 0 Å². The molecule has 2 aliphatic rings. The van der Waals surface area contributed by atoms with Crippen LogP contribution in [0.5, 0.6) is 0 Å². The second-order valence-electron chi connectivity index (χ2n) is 5.34. The minimum atomic E-state index is -0.905. The summed E-state index contributed by atoms with van der Waals surface area (Å²) < 4.78 is 5.04. The number of anilines is 1. The molecule has 104 valence electrons. The predicted molar refractivity (Wildman–Crippen MR) is 72.9 cm³/mol. The van der Waals surface area contributed by atoms with E-state index >= 15 is 0 Å². The van der Waals surface area contributed by atoms with Crippen molar-refractivity contribution >= 4 is 22.4 Å². The minimum absolute atomic E-state index is 0.264. The van der Waals surface area contributed by atoms with Crippen LogP contribution in [-0.2, 0) is 11.3 Å². The van der Waals surface area contributed by atoms with E-state index in [1.165, 1.54) is 37.0 Å². The molecule has 0 aromatic carbocycles. The Hall–Kier alpha value is -1.14. The zero-order valence-corrected chi connectivity index (χ0v) is 11.8. The van der Waals surface area contributed by atoms with Crippen LogP contribution in [0.2, 0.25) is 0 Å². The Labute approximate surface area is 116 Å². The Morgan fingerprint density at radius 2 is 2.21 bits per heavy atom. The summed E-state index contributed by atoms with van der Waals surface area (Å²) in [5.74, 6) is -0.123. The van der Waals surface area contributed by atoms with Crippen LogP contribution in [0.25, 0.3) is 0 Å². The molecular weight excluding hydrogens is 264 g/mol. The second kappa shape index (κ2) is 5.09. The summed E-state index contributed by atoms with van der Waals surface area (Å²) in [5, 5.41) is 10.1. The van der Waals surface area contributed by atoms with E-state index in [0.29, 0.717) is 16.6 Å². The smallest absolute Gasteiger partial charge is 0.347 e. The monoisotopic (exact) mass is 282 g/mol. The molecule has 6 heteroatoms. The number of rotatable bonds is 7. The molecule has 3 rings (SSSR count). The number of ether oxygens (including phenoxy) is 1. The average molecular weight is 282 g/mol. The number of aromatic nitrogens is 1. The van der Waals surface area contributed by atoms with Gasteiger partial charge in [-0.15, -0.1) is 0 Å². The van der Waals surface area contributed by atoms with Crippen molar-refractivity contribution in [1.29, 1.82) is 0 Å². The molecule has 0 amide bonds. The van der Waals surface area contributed by atoms with Gasteiger partial charge in [0, 0.05) is 19.7 Å². The number of carbonyl (C=O) groups is 1. The highest BCUT2D eigenvalue weighted by Crippen LogP contribution is 2.39. The lowest BCUT2D eigenvalue weighted by molar-refractivity contribution is 0.0697. The number of carboxylic acids is 1. The molecule has 1 aromatic rings. The summed E-state index contributed by atoms with van der Waals surface area (Å²) in [6.45, 7) is 1.30. The summed E-state index contributed by atoms with van der Waals surface area (Å²) in [5.41, 5.74) is 0.552. The number of hydrogen-bond acceptors (Lipinski definition) is 5. The van der Waals surface area contributed by atoms with Crippen molar-refractivity contribution in [2.45, 2.75) is 38.3 Å². The topological polar surface area (TPSA) is 62.7 Å². The second-order valence-corrected chi connectivity index (χ2v) is 6.31. The third-order valence-electron chi connectivity index (χ3n) is 3.55. The maximum absolute atomic E-state index is 11.2. The van der Waals surface area contributed by atoms with Gasteiger partial charge in [0.1, 0.15) is 4.88 Å². The van der Waals surface area contributed by atoms with E-state index in [4.69, 9.17) is 4.74 Å². The fourth-order valence-electron chi connectivity index (χ4n) is 2.21. The normalized spacial score (nSPS) is 18.6. The Morgan fingerprint density at radius 1 is 1.47 bits per heavy atom. The van der Waals surface area contributed by atoms with Crippen molar-refractivity contribution in [2.24, 2.45) is 5.92 Å². The lowest BCUT2D eigenvalue weighted by atomic mass is 10.3. The van der Waals surface area contributed by atoms with Crippen LogP contribution < -0.4 is 4.90 Å². The maximum atomic E-state index is 11.2. The molecule has 5 nitrogen and oxygen atoms in total. The zero-order chi connectivity index (χ0) is 13.4. The summed E-state index contributed by atoms with van der Waals surface area (Å²) in [4.78, 5) is 18.4. The highest BCUT2D eigenvalue weighted by atomic mass is 32.1. The van der Waals surface area contributed by atoms with Crippen molar-refractivity contribution in [3.63, 3.8) is 0 Å². The molecule has 0 radical (unpaired) electrons. The van der Waals surface area contributed by atoms with Gasteiger partial charge >= 0.3 is 5.97 Å². The van der Waals surface area contributed by atoms with Crippen LogP contribution in [-0.4, -0.2) is 35.8 Å². The number of nitrogens with zero attached hydrogens (tertiary/aromatic N) is 2. The maximum Gasteiger partial charge on any atom is 0.347 e. The predicted octanol–water partition coefficient (Wildman–Crippen LogP) is 2.37. The molecule has 1 N–H and O–H groups in total. The number of thiazole rings is 1. The van der Waals surface area contributed by atoms with Crippen LogP contribution in [0.1, 0.15) is 41.0 Å². The standard InChI is InChI=1S/C13H18N2O3S/c1-18-7-10-11(12(16)17)19-13(14-10)15(9-4-5-9)6-8-2-3-8/h8-9H,2-7H2,1H3,(H,16,17). The number of methoxy groups -OCH3 is 1. The van der Waals surface area contributed by atoms with Gasteiger partial charge < -0.3 is 14.7 Å². The van der Waals surface area contributed by atoms with Gasteiger partial charge in [-0.25, -0.2) is 9.78 Å². The number of hydrogen-bond donors (Lipinski definition) is 1. The highest BCUT2D eigenvalue weighted by Gasteiger charge is 2.36. The van der Waals surface area contributed by atoms with E-state index in [2.05, 4.69) is 9.88 Å². The Balaban J connectivity index is 1.84. The lowest BCUT2D eigenvalue weighted by Gasteiger charge is -2.21. The molecule has 0 atom stereocenters. The van der Waals surface area contributed by atoms with Gasteiger partial charge in [0.05, 0.1) is 12.3 Å². The highest BCUT2D eigenvalue weighted by molar-refractivity contribution is 7.17. The minimum Gasteiger partial charge on any atom is -0.477 e. The Morgan fingerprint density at radius 3 is 2.74 bits per heavy atom. The quantitative estimate of drug-likeness (QED) is 0.832. The summed E-state index contributed by atoms with van der Waals surface area (Å²) >= 11 is 1.29. The fraction of sp³-hybridized carbons (Fsp3) is 0.692. The largest absolute Gasteiger partial charge is 0.477 e. The molecule has 0 aliphatic heterocycles. The van der Waals surface area contributed by atoms with Crippen molar-refractivity contribution < 1.29 is 14.6 Å². The molecule has 0 saturated heterocycles. The van der Waals surface area contributed by atoms with Gasteiger partial charge in [0.15, 0.2) is 5.13 Å². The van der Waals surface area contributed by atoms with Crippen molar-refractivity contribution in [2.75, 3.05) is 18.6 Å². The summed E-state index contributed by atoms with van der Waals surface area (Å²) in [6, 6.07) is 0.573. The number of carboxylic acid groups (broad SMARTS) is 1. The molecule has 19 heavy (non-hydrogen) atoms. The van der Waals surface area contributed by atoms with Crippen molar-refractivity contribution in [3.05, 3.63) is 10.6 Å². The van der Waals surface area contributed by atoms with E-state index in [0.717, 1.165) is 17.6 Å². The molecule has 0 bridgehead atoms. The summed E-state index contributed by atoms with van der Waals surface area (Å²) in [7, 11) is 1.56. The SMILES string of the molecule is COCc1nc(N(CC2CC2)C2CC2)sc1C(=O)O. The molecule has 1 aromatic heterocycles. The molecule has 2 fully saturated rings. The fourth-order valence-corrected chi connectivity index (χ4v) is 3.20. The Kier molecular flexibility index (Phi) is 3.45. The van der Waals surface area contributed by atoms with Gasteiger partial charge in [-0.2, -0.15) is 0 Å². The van der Waals surface area contributed by atoms with Crippen LogP contribution in [0.4, 0.5) is 5.13 Å². The first-order chi connectivity index (χ1) is 9.19. The van der Waals surface area contributed by atoms with E-state index < -0.39 is 5.97 Å². The molecule has 1 heterocycles. The van der Waals surface area contributed by atoms with Crippen LogP contribution in [0, 0.1) is 5.92 Å². The molecule has 2 aliphatic carbocycles. The number of aromatic carboxylic acids is 1.